The van der Waals surface area contributed by atoms with Crippen LogP contribution >= 0.6 is 15.9 Å². The van der Waals surface area contributed by atoms with Gasteiger partial charge >= 0.3 is 0 Å². The SMILES string of the molecule is N#Cc1ccc(Oc2ccc(N)c(F)c2)c(F)c1Br. The topological polar surface area (TPSA) is 59.0 Å². The Bertz CT molecular complexity index is 683. The van der Waals surface area contributed by atoms with Crippen molar-refractivity contribution >= 4 is 21.6 Å². The number of ether oxygens (including phenoxy) is 1. The lowest BCUT2D eigenvalue weighted by molar-refractivity contribution is 0.437. The first kappa shape index (κ1) is 13.3. The van der Waals surface area contributed by atoms with E-state index < -0.39 is 11.6 Å². The molecule has 0 unspecified atom stereocenters. The van der Waals surface area contributed by atoms with Crippen LogP contribution in [0.1, 0.15) is 5.56 Å². The number of hydrogen-bond acceptors (Lipinski definition) is 3. The third-order valence-electron chi connectivity index (χ3n) is 2.37. The quantitative estimate of drug-likeness (QED) is 0.850. The van der Waals surface area contributed by atoms with Gasteiger partial charge in [0.2, 0.25) is 0 Å². The molecule has 2 aromatic carbocycles. The standard InChI is InChI=1S/C13H7BrF2N2O/c14-12-7(6-17)1-4-11(13(12)16)19-8-2-3-10(18)9(15)5-8/h1-5H,18H2. The van der Waals surface area contributed by atoms with E-state index in [4.69, 9.17) is 15.7 Å². The van der Waals surface area contributed by atoms with Gasteiger partial charge in [0.25, 0.3) is 0 Å². The lowest BCUT2D eigenvalue weighted by Gasteiger charge is -2.09. The van der Waals surface area contributed by atoms with E-state index in [9.17, 15) is 8.78 Å². The molecule has 0 radical (unpaired) electrons. The first-order chi connectivity index (χ1) is 9.02. The average molecular weight is 325 g/mol. The normalized spacial score (nSPS) is 10.0. The van der Waals surface area contributed by atoms with Crippen LogP contribution in [0.15, 0.2) is 34.8 Å². The van der Waals surface area contributed by atoms with E-state index in [0.29, 0.717) is 0 Å². The maximum absolute atomic E-state index is 13.9. The van der Waals surface area contributed by atoms with Crippen LogP contribution in [0.2, 0.25) is 0 Å². The van der Waals surface area contributed by atoms with Crippen molar-refractivity contribution in [2.45, 2.75) is 0 Å². The molecule has 0 aliphatic rings. The minimum atomic E-state index is -0.726. The Morgan fingerprint density at radius 1 is 1.21 bits per heavy atom. The first-order valence-electron chi connectivity index (χ1n) is 5.14. The summed E-state index contributed by atoms with van der Waals surface area (Å²) in [4.78, 5) is 0. The Balaban J connectivity index is 2.36. The monoisotopic (exact) mass is 324 g/mol. The van der Waals surface area contributed by atoms with E-state index in [1.807, 2.05) is 6.07 Å². The van der Waals surface area contributed by atoms with E-state index in [1.54, 1.807) is 0 Å². The van der Waals surface area contributed by atoms with E-state index in [1.165, 1.54) is 24.3 Å². The maximum Gasteiger partial charge on any atom is 0.181 e. The lowest BCUT2D eigenvalue weighted by Crippen LogP contribution is -1.94. The highest BCUT2D eigenvalue weighted by Gasteiger charge is 2.13. The summed E-state index contributed by atoms with van der Waals surface area (Å²) in [5.74, 6) is -1.38. The Labute approximate surface area is 116 Å². The number of anilines is 1. The highest BCUT2D eigenvalue weighted by atomic mass is 79.9. The zero-order valence-electron chi connectivity index (χ0n) is 9.45. The van der Waals surface area contributed by atoms with Crippen molar-refractivity contribution in [3.05, 3.63) is 52.0 Å². The number of benzene rings is 2. The van der Waals surface area contributed by atoms with Crippen LogP contribution in [0, 0.1) is 23.0 Å². The number of halogens is 3. The highest BCUT2D eigenvalue weighted by molar-refractivity contribution is 9.10. The predicted octanol–water partition coefficient (Wildman–Crippen LogP) is 3.97. The number of hydrogen-bond donors (Lipinski definition) is 1. The molecule has 0 atom stereocenters. The van der Waals surface area contributed by atoms with E-state index in [0.717, 1.165) is 6.07 Å². The van der Waals surface area contributed by atoms with Crippen LogP contribution in [0.25, 0.3) is 0 Å². The number of nitrogens with zero attached hydrogens (tertiary/aromatic N) is 1. The molecule has 2 aromatic rings. The molecule has 0 saturated heterocycles. The molecule has 96 valence electrons. The molecule has 0 saturated carbocycles. The summed E-state index contributed by atoms with van der Waals surface area (Å²) >= 11 is 2.96. The van der Waals surface area contributed by atoms with Crippen LogP contribution in [-0.4, -0.2) is 0 Å². The molecule has 3 nitrogen and oxygen atoms in total. The molecule has 0 aliphatic heterocycles. The minimum absolute atomic E-state index is 0.00316. The smallest absolute Gasteiger partial charge is 0.181 e. The van der Waals surface area contributed by atoms with Crippen LogP contribution in [0.3, 0.4) is 0 Å². The van der Waals surface area contributed by atoms with Gasteiger partial charge in [-0.2, -0.15) is 5.26 Å². The fourth-order valence-corrected chi connectivity index (χ4v) is 1.81. The van der Waals surface area contributed by atoms with Gasteiger partial charge in [-0.3, -0.25) is 0 Å². The first-order valence-corrected chi connectivity index (χ1v) is 5.93. The highest BCUT2D eigenvalue weighted by Crippen LogP contribution is 2.32. The van der Waals surface area contributed by atoms with Crippen LogP contribution < -0.4 is 10.5 Å². The van der Waals surface area contributed by atoms with E-state index >= 15 is 0 Å². The van der Waals surface area contributed by atoms with E-state index in [2.05, 4.69) is 15.9 Å². The van der Waals surface area contributed by atoms with Gasteiger partial charge < -0.3 is 10.5 Å². The van der Waals surface area contributed by atoms with Gasteiger partial charge in [-0.1, -0.05) is 0 Å². The molecule has 0 spiro atoms. The second-order valence-electron chi connectivity index (χ2n) is 3.64. The molecule has 2 rings (SSSR count). The molecule has 0 aromatic heterocycles. The van der Waals surface area contributed by atoms with Gasteiger partial charge in [0.05, 0.1) is 15.7 Å². The summed E-state index contributed by atoms with van der Waals surface area (Å²) < 4.78 is 32.3. The fraction of sp³-hybridized carbons (Fsp3) is 0. The van der Waals surface area contributed by atoms with Crippen molar-refractivity contribution in [2.24, 2.45) is 0 Å². The third-order valence-corrected chi connectivity index (χ3v) is 3.14. The lowest BCUT2D eigenvalue weighted by atomic mass is 10.2. The van der Waals surface area contributed by atoms with Gasteiger partial charge in [-0.15, -0.1) is 0 Å². The van der Waals surface area contributed by atoms with Crippen molar-refractivity contribution in [3.8, 4) is 17.6 Å². The molecule has 0 heterocycles. The summed E-state index contributed by atoms with van der Waals surface area (Å²) in [5.41, 5.74) is 5.45. The molecular weight excluding hydrogens is 318 g/mol. The fourth-order valence-electron chi connectivity index (χ4n) is 1.40. The molecule has 0 amide bonds. The van der Waals surface area contributed by atoms with Crippen molar-refractivity contribution in [1.29, 1.82) is 5.26 Å². The predicted molar refractivity (Wildman–Crippen MR) is 69.7 cm³/mol. The van der Waals surface area contributed by atoms with Crippen LogP contribution in [-0.2, 0) is 0 Å². The molecule has 0 fully saturated rings. The van der Waals surface area contributed by atoms with Crippen LogP contribution in [0.5, 0.6) is 11.5 Å². The third kappa shape index (κ3) is 2.66. The molecule has 0 aliphatic carbocycles. The summed E-state index contributed by atoms with van der Waals surface area (Å²) in [5, 5.41) is 8.74. The molecule has 0 bridgehead atoms. The Hall–Kier alpha value is -2.13. The van der Waals surface area contributed by atoms with Gasteiger partial charge in [0.15, 0.2) is 11.6 Å². The van der Waals surface area contributed by atoms with Crippen molar-refractivity contribution in [1.82, 2.24) is 0 Å². The molecule has 2 N–H and O–H groups in total. The van der Waals surface area contributed by atoms with Gasteiger partial charge in [-0.05, 0) is 40.2 Å². The molecule has 6 heteroatoms. The van der Waals surface area contributed by atoms with E-state index in [-0.39, 0.29) is 27.2 Å². The van der Waals surface area contributed by atoms with Crippen molar-refractivity contribution in [2.75, 3.05) is 5.73 Å². The summed E-state index contributed by atoms with van der Waals surface area (Å²) in [6, 6.07) is 8.32. The largest absolute Gasteiger partial charge is 0.454 e. The van der Waals surface area contributed by atoms with Crippen LogP contribution in [0.4, 0.5) is 14.5 Å². The number of nitrogen functional groups attached to an aromatic ring is 1. The maximum atomic E-state index is 13.9. The van der Waals surface area contributed by atoms with Gasteiger partial charge in [0, 0.05) is 6.07 Å². The van der Waals surface area contributed by atoms with Gasteiger partial charge in [0.1, 0.15) is 17.6 Å². The zero-order chi connectivity index (χ0) is 14.0. The minimum Gasteiger partial charge on any atom is -0.454 e. The number of nitriles is 1. The second-order valence-corrected chi connectivity index (χ2v) is 4.43. The van der Waals surface area contributed by atoms with Crippen molar-refractivity contribution < 1.29 is 13.5 Å². The zero-order valence-corrected chi connectivity index (χ0v) is 11.0. The molecular formula is C13H7BrF2N2O. The summed E-state index contributed by atoms with van der Waals surface area (Å²) in [6.07, 6.45) is 0. The molecule has 19 heavy (non-hydrogen) atoms. The number of rotatable bonds is 2. The summed E-state index contributed by atoms with van der Waals surface area (Å²) in [7, 11) is 0. The van der Waals surface area contributed by atoms with Gasteiger partial charge in [-0.25, -0.2) is 8.78 Å². The number of nitrogens with two attached hydrogens (primary N) is 1. The Kier molecular flexibility index (Phi) is 3.67. The Morgan fingerprint density at radius 3 is 2.58 bits per heavy atom. The Morgan fingerprint density at radius 2 is 1.95 bits per heavy atom. The second kappa shape index (κ2) is 5.24. The summed E-state index contributed by atoms with van der Waals surface area (Å²) in [6.45, 7) is 0. The van der Waals surface area contributed by atoms with Crippen molar-refractivity contribution in [3.63, 3.8) is 0 Å². The average Bonchev–Trinajstić information content (AvgIpc) is 2.40.